The minimum atomic E-state index is -0.636. The first kappa shape index (κ1) is 18.3. The van der Waals surface area contributed by atoms with Crippen LogP contribution in [-0.2, 0) is 16.6 Å². The van der Waals surface area contributed by atoms with Gasteiger partial charge in [-0.3, -0.25) is 0 Å². The molecule has 8 nitrogen and oxygen atoms in total. The summed E-state index contributed by atoms with van der Waals surface area (Å²) in [6.07, 6.45) is 1.44. The van der Waals surface area contributed by atoms with E-state index in [1.807, 2.05) is 0 Å². The van der Waals surface area contributed by atoms with Gasteiger partial charge in [-0.05, 0) is 17.7 Å². The number of hydrogen-bond acceptors (Lipinski definition) is 6. The van der Waals surface area contributed by atoms with Crippen molar-refractivity contribution in [2.24, 2.45) is 7.05 Å². The van der Waals surface area contributed by atoms with Crippen molar-refractivity contribution in [1.82, 2.24) is 25.4 Å². The third-order valence-corrected chi connectivity index (χ3v) is 5.09. The number of esters is 1. The van der Waals surface area contributed by atoms with Gasteiger partial charge >= 0.3 is 12.0 Å². The summed E-state index contributed by atoms with van der Waals surface area (Å²) in [4.78, 5) is 28.7. The number of benzene rings is 1. The van der Waals surface area contributed by atoms with E-state index in [1.54, 1.807) is 36.0 Å². The summed E-state index contributed by atoms with van der Waals surface area (Å²) in [5.74, 6) is -0.194. The summed E-state index contributed by atoms with van der Waals surface area (Å²) < 4.78 is 6.55. The van der Waals surface area contributed by atoms with Gasteiger partial charge in [0.25, 0.3) is 0 Å². The predicted octanol–water partition coefficient (Wildman–Crippen LogP) is 2.04. The number of hydrogen-bond donors (Lipinski definition) is 2. The lowest BCUT2D eigenvalue weighted by molar-refractivity contribution is -0.136. The lowest BCUT2D eigenvalue weighted by Gasteiger charge is -2.29. The fourth-order valence-corrected chi connectivity index (χ4v) is 3.52. The number of ether oxygens (including phenoxy) is 1. The maximum absolute atomic E-state index is 12.4. The van der Waals surface area contributed by atoms with E-state index in [4.69, 9.17) is 16.3 Å². The van der Waals surface area contributed by atoms with Gasteiger partial charge in [0.15, 0.2) is 5.16 Å². The molecule has 1 aromatic carbocycles. The van der Waals surface area contributed by atoms with Gasteiger partial charge in [-0.15, -0.1) is 0 Å². The average Bonchev–Trinajstić information content (AvgIpc) is 3.04. The lowest BCUT2D eigenvalue weighted by Crippen LogP contribution is -2.46. The predicted molar refractivity (Wildman–Crippen MR) is 96.6 cm³/mol. The third kappa shape index (κ3) is 3.83. The van der Waals surface area contributed by atoms with E-state index in [-0.39, 0.29) is 0 Å². The van der Waals surface area contributed by atoms with Crippen molar-refractivity contribution in [3.63, 3.8) is 0 Å². The van der Waals surface area contributed by atoms with E-state index in [0.717, 1.165) is 5.56 Å². The number of carbonyl (C=O) groups excluding carboxylic acids is 2. The zero-order valence-corrected chi connectivity index (χ0v) is 15.6. The Morgan fingerprint density at radius 2 is 2.12 bits per heavy atom. The third-order valence-electron chi connectivity index (χ3n) is 3.78. The van der Waals surface area contributed by atoms with Crippen LogP contribution in [0.25, 0.3) is 0 Å². The van der Waals surface area contributed by atoms with Crippen LogP contribution in [0.1, 0.15) is 11.6 Å². The molecule has 2 aromatic rings. The van der Waals surface area contributed by atoms with Crippen molar-refractivity contribution in [2.75, 3.05) is 12.9 Å². The summed E-state index contributed by atoms with van der Waals surface area (Å²) in [5, 5.41) is 10.7. The number of aromatic nitrogens is 3. The molecule has 0 aliphatic carbocycles. The Kier molecular flexibility index (Phi) is 5.48. The van der Waals surface area contributed by atoms with Crippen molar-refractivity contribution in [1.29, 1.82) is 0 Å². The van der Waals surface area contributed by atoms with Gasteiger partial charge < -0.3 is 15.4 Å². The molecule has 3 rings (SSSR count). The number of carbonyl (C=O) groups is 2. The van der Waals surface area contributed by atoms with Crippen LogP contribution in [-0.4, -0.2) is 39.6 Å². The highest BCUT2D eigenvalue weighted by atomic mass is 35.5. The van der Waals surface area contributed by atoms with Crippen molar-refractivity contribution < 1.29 is 14.3 Å². The van der Waals surface area contributed by atoms with E-state index in [0.29, 0.717) is 27.2 Å². The second-order valence-corrected chi connectivity index (χ2v) is 6.80. The van der Waals surface area contributed by atoms with Crippen LogP contribution in [0, 0.1) is 0 Å². The Hall–Kier alpha value is -2.52. The molecule has 0 radical (unpaired) electrons. The quantitative estimate of drug-likeness (QED) is 0.596. The minimum Gasteiger partial charge on any atom is -0.466 e. The monoisotopic (exact) mass is 393 g/mol. The van der Waals surface area contributed by atoms with Gasteiger partial charge in [0.1, 0.15) is 6.33 Å². The highest BCUT2D eigenvalue weighted by Gasteiger charge is 2.33. The van der Waals surface area contributed by atoms with E-state index < -0.39 is 18.0 Å². The van der Waals surface area contributed by atoms with Crippen LogP contribution in [0.4, 0.5) is 4.79 Å². The van der Waals surface area contributed by atoms with Gasteiger partial charge in [-0.1, -0.05) is 35.5 Å². The zero-order valence-electron chi connectivity index (χ0n) is 14.0. The van der Waals surface area contributed by atoms with E-state index in [2.05, 4.69) is 20.7 Å². The van der Waals surface area contributed by atoms with Crippen LogP contribution in [0.3, 0.4) is 0 Å². The molecule has 1 aromatic heterocycles. The van der Waals surface area contributed by atoms with Crippen LogP contribution < -0.4 is 10.6 Å². The number of aryl methyl sites for hydroxylation is 1. The van der Waals surface area contributed by atoms with E-state index >= 15 is 0 Å². The van der Waals surface area contributed by atoms with Crippen molar-refractivity contribution in [3.8, 4) is 0 Å². The molecule has 0 fully saturated rings. The smallest absolute Gasteiger partial charge is 0.338 e. The molecule has 2 amide bonds. The fraction of sp³-hybridized carbons (Fsp3) is 0.250. The molecule has 136 valence electrons. The summed E-state index contributed by atoms with van der Waals surface area (Å²) in [6, 6.07) is 5.89. The maximum Gasteiger partial charge on any atom is 0.338 e. The first-order valence-corrected chi connectivity index (χ1v) is 8.97. The number of nitrogens with one attached hydrogen (secondary N) is 2. The second kappa shape index (κ2) is 7.79. The molecule has 1 aliphatic rings. The largest absolute Gasteiger partial charge is 0.466 e. The second-order valence-electron chi connectivity index (χ2n) is 5.42. The van der Waals surface area contributed by atoms with Crippen LogP contribution in [0.15, 0.2) is 47.0 Å². The van der Waals surface area contributed by atoms with Gasteiger partial charge in [-0.25, -0.2) is 19.3 Å². The molecule has 0 spiro atoms. The minimum absolute atomic E-state index is 0.328. The average molecular weight is 394 g/mol. The number of urea groups is 1. The van der Waals surface area contributed by atoms with E-state index in [9.17, 15) is 9.59 Å². The zero-order chi connectivity index (χ0) is 18.7. The lowest BCUT2D eigenvalue weighted by atomic mass is 9.95. The molecule has 2 N–H and O–H groups in total. The fourth-order valence-electron chi connectivity index (χ4n) is 2.54. The van der Waals surface area contributed by atoms with Crippen LogP contribution >= 0.6 is 23.4 Å². The molecule has 1 aliphatic heterocycles. The number of nitrogens with zero attached hydrogens (tertiary/aromatic N) is 3. The molecule has 0 saturated heterocycles. The Bertz CT molecular complexity index is 865. The van der Waals surface area contributed by atoms with Crippen LogP contribution in [0.2, 0.25) is 5.02 Å². The number of rotatable bonds is 5. The molecule has 0 saturated carbocycles. The molecule has 0 unspecified atom stereocenters. The molecule has 0 bridgehead atoms. The molecule has 1 atom stereocenters. The molecular formula is C16H16ClN5O3S. The van der Waals surface area contributed by atoms with Crippen LogP contribution in [0.5, 0.6) is 0 Å². The Labute approximate surface area is 159 Å². The maximum atomic E-state index is 12.4. The highest BCUT2D eigenvalue weighted by Crippen LogP contribution is 2.30. The standard InChI is InChI=1S/C16H16ClN5O3S/c1-22-16(18-8-19-22)26-7-11-12(14(23)25-2)13(21-15(24)20-11)9-3-5-10(17)6-4-9/h3-6,8,13H,7H2,1-2H3,(H2,20,21,24)/t13-/m0/s1. The molecule has 2 heterocycles. The molecular weight excluding hydrogens is 378 g/mol. The van der Waals surface area contributed by atoms with Crippen molar-refractivity contribution in [2.45, 2.75) is 11.2 Å². The normalized spacial score (nSPS) is 16.9. The topological polar surface area (TPSA) is 98.1 Å². The van der Waals surface area contributed by atoms with Gasteiger partial charge in [0, 0.05) is 23.5 Å². The molecule has 26 heavy (non-hydrogen) atoms. The first-order chi connectivity index (χ1) is 12.5. The first-order valence-electron chi connectivity index (χ1n) is 7.60. The number of methoxy groups -OCH3 is 1. The van der Waals surface area contributed by atoms with Gasteiger partial charge in [0.05, 0.1) is 18.7 Å². The van der Waals surface area contributed by atoms with Crippen molar-refractivity contribution >= 4 is 35.4 Å². The number of thioether (sulfide) groups is 1. The highest BCUT2D eigenvalue weighted by molar-refractivity contribution is 7.99. The summed E-state index contributed by atoms with van der Waals surface area (Å²) >= 11 is 7.29. The number of amides is 2. The SMILES string of the molecule is COC(=O)C1=C(CSc2ncnn2C)NC(=O)N[C@H]1c1ccc(Cl)cc1. The number of halogens is 1. The van der Waals surface area contributed by atoms with Crippen molar-refractivity contribution in [3.05, 3.63) is 52.4 Å². The Morgan fingerprint density at radius 1 is 1.38 bits per heavy atom. The van der Waals surface area contributed by atoms with Gasteiger partial charge in [-0.2, -0.15) is 5.10 Å². The summed E-state index contributed by atoms with van der Waals surface area (Å²) in [6.45, 7) is 0. The summed E-state index contributed by atoms with van der Waals surface area (Å²) in [7, 11) is 3.07. The molecule has 10 heteroatoms. The Morgan fingerprint density at radius 3 is 2.73 bits per heavy atom. The van der Waals surface area contributed by atoms with E-state index in [1.165, 1.54) is 25.2 Å². The summed E-state index contributed by atoms with van der Waals surface area (Å²) in [5.41, 5.74) is 1.53. The Balaban J connectivity index is 1.97. The van der Waals surface area contributed by atoms with Gasteiger partial charge in [0.2, 0.25) is 0 Å².